The van der Waals surface area contributed by atoms with Crippen LogP contribution < -0.4 is 9.80 Å². The lowest BCUT2D eigenvalue weighted by molar-refractivity contribution is 0.480. The first kappa shape index (κ1) is 33.1. The summed E-state index contributed by atoms with van der Waals surface area (Å²) in [5, 5.41) is 2.34. The summed E-state index contributed by atoms with van der Waals surface area (Å²) in [5.41, 5.74) is 7.68. The SMILES string of the molecule is CCN1C(=CC2=CC(=CC3Sc4ccc(-n5ccc6ccccc65)cc4N3CCCCS(=O)(=O)O)C(C)(C)c3ccoc32)Sc2ccccc21. The molecule has 0 amide bonds. The lowest BCUT2D eigenvalue weighted by Crippen LogP contribution is -2.31. The van der Waals surface area contributed by atoms with Gasteiger partial charge in [-0.1, -0.05) is 67.7 Å². The van der Waals surface area contributed by atoms with E-state index in [1.54, 1.807) is 18.0 Å². The standard InChI is InChI=1S/C40H39N3O4S3/c1-4-41-33-13-7-8-14-35(33)48-37(41)24-28-23-29(40(2,3)31-18-21-47-39(28)31)25-38-43(19-9-10-22-50(44,45)46)34-26-30(15-16-36(34)49-38)42-20-17-27-11-5-6-12-32(27)42/h5-8,11-18,20-21,23-26,38H,4,9-10,19,22H2,1-3H3,(H,44,45,46). The van der Waals surface area contributed by atoms with Gasteiger partial charge in [-0.15, -0.1) is 0 Å². The summed E-state index contributed by atoms with van der Waals surface area (Å²) in [6.45, 7) is 8.21. The highest BCUT2D eigenvalue weighted by atomic mass is 32.2. The first-order valence-corrected chi connectivity index (χ1v) is 20.3. The number of para-hydroxylation sites is 2. The van der Waals surface area contributed by atoms with Crippen LogP contribution in [0.5, 0.6) is 0 Å². The molecule has 2 aliphatic heterocycles. The molecular weight excluding hydrogens is 683 g/mol. The zero-order valence-corrected chi connectivity index (χ0v) is 30.7. The minimum atomic E-state index is -4.02. The Kier molecular flexibility index (Phi) is 8.54. The van der Waals surface area contributed by atoms with Crippen molar-refractivity contribution in [3.8, 4) is 5.69 Å². The highest BCUT2D eigenvalue weighted by Crippen LogP contribution is 2.51. The molecule has 7 nitrogen and oxygen atoms in total. The summed E-state index contributed by atoms with van der Waals surface area (Å²) >= 11 is 3.61. The van der Waals surface area contributed by atoms with E-state index in [2.05, 4.69) is 138 Å². The van der Waals surface area contributed by atoms with Gasteiger partial charge in [0.1, 0.15) is 5.76 Å². The molecule has 256 valence electrons. The van der Waals surface area contributed by atoms with E-state index >= 15 is 0 Å². The van der Waals surface area contributed by atoms with Gasteiger partial charge in [0, 0.05) is 51.3 Å². The normalized spacial score (nSPS) is 19.7. The van der Waals surface area contributed by atoms with Crippen LogP contribution in [0, 0.1) is 0 Å². The average Bonchev–Trinajstić information content (AvgIpc) is 3.89. The number of nitrogens with zero attached hydrogens (tertiary/aromatic N) is 3. The molecule has 4 heterocycles. The second-order valence-electron chi connectivity index (χ2n) is 13.4. The van der Waals surface area contributed by atoms with Crippen molar-refractivity contribution < 1.29 is 17.4 Å². The fourth-order valence-electron chi connectivity index (χ4n) is 7.29. The Morgan fingerprint density at radius 3 is 2.62 bits per heavy atom. The Morgan fingerprint density at radius 2 is 1.78 bits per heavy atom. The second kappa shape index (κ2) is 12.9. The smallest absolute Gasteiger partial charge is 0.264 e. The highest BCUT2D eigenvalue weighted by molar-refractivity contribution is 8.03. The number of rotatable bonds is 9. The van der Waals surface area contributed by atoms with Gasteiger partial charge in [0.25, 0.3) is 10.1 Å². The van der Waals surface area contributed by atoms with Crippen LogP contribution in [0.4, 0.5) is 11.4 Å². The van der Waals surface area contributed by atoms with Gasteiger partial charge in [-0.2, -0.15) is 8.42 Å². The van der Waals surface area contributed by atoms with Crippen LogP contribution in [0.3, 0.4) is 0 Å². The van der Waals surface area contributed by atoms with Gasteiger partial charge in [-0.05, 0) is 97.5 Å². The maximum Gasteiger partial charge on any atom is 0.264 e. The lowest BCUT2D eigenvalue weighted by Gasteiger charge is -2.33. The first-order valence-electron chi connectivity index (χ1n) is 17.0. The maximum absolute atomic E-state index is 11.5. The molecule has 3 aliphatic rings. The molecule has 10 heteroatoms. The van der Waals surface area contributed by atoms with Gasteiger partial charge >= 0.3 is 0 Å². The van der Waals surface area contributed by atoms with Gasteiger partial charge in [0.05, 0.1) is 39.3 Å². The monoisotopic (exact) mass is 721 g/mol. The Morgan fingerprint density at radius 1 is 0.960 bits per heavy atom. The summed E-state index contributed by atoms with van der Waals surface area (Å²) in [5.74, 6) is 0.663. The van der Waals surface area contributed by atoms with E-state index in [0.29, 0.717) is 19.4 Å². The van der Waals surface area contributed by atoms with Crippen molar-refractivity contribution in [3.05, 3.63) is 131 Å². The predicted molar refractivity (Wildman–Crippen MR) is 207 cm³/mol. The number of allylic oxidation sites excluding steroid dienone is 4. The fourth-order valence-corrected chi connectivity index (χ4v) is 10.3. The first-order chi connectivity index (χ1) is 24.1. The molecule has 0 fully saturated rings. The van der Waals surface area contributed by atoms with E-state index in [-0.39, 0.29) is 16.5 Å². The molecular formula is C40H39N3O4S3. The molecule has 2 aromatic heterocycles. The molecule has 0 saturated heterocycles. The molecule has 1 aliphatic carbocycles. The molecule has 1 atom stereocenters. The molecule has 0 bridgehead atoms. The van der Waals surface area contributed by atoms with Gasteiger partial charge in [0.2, 0.25) is 0 Å². The zero-order chi connectivity index (χ0) is 34.6. The van der Waals surface area contributed by atoms with Crippen molar-refractivity contribution in [3.63, 3.8) is 0 Å². The van der Waals surface area contributed by atoms with Gasteiger partial charge in [-0.3, -0.25) is 4.55 Å². The van der Waals surface area contributed by atoms with E-state index in [1.807, 2.05) is 11.8 Å². The number of thioether (sulfide) groups is 2. The predicted octanol–water partition coefficient (Wildman–Crippen LogP) is 9.90. The van der Waals surface area contributed by atoms with Crippen molar-refractivity contribution in [2.45, 2.75) is 54.2 Å². The van der Waals surface area contributed by atoms with Crippen LogP contribution in [0.2, 0.25) is 0 Å². The van der Waals surface area contributed by atoms with E-state index in [4.69, 9.17) is 4.42 Å². The van der Waals surface area contributed by atoms with Crippen molar-refractivity contribution >= 4 is 61.5 Å². The number of fused-ring (bicyclic) bond motifs is 4. The molecule has 0 radical (unpaired) electrons. The van der Waals surface area contributed by atoms with Gasteiger partial charge in [0.15, 0.2) is 0 Å². The summed E-state index contributed by atoms with van der Waals surface area (Å²) in [4.78, 5) is 7.19. The summed E-state index contributed by atoms with van der Waals surface area (Å²) in [7, 11) is -4.02. The topological polar surface area (TPSA) is 78.9 Å². The van der Waals surface area contributed by atoms with Gasteiger partial charge < -0.3 is 18.8 Å². The average molecular weight is 722 g/mol. The number of hydrogen-bond donors (Lipinski definition) is 1. The van der Waals surface area contributed by atoms with Crippen LogP contribution in [-0.4, -0.2) is 41.8 Å². The Bertz CT molecular complexity index is 2310. The number of hydrogen-bond acceptors (Lipinski definition) is 7. The third kappa shape index (κ3) is 6.02. The molecule has 0 spiro atoms. The minimum Gasteiger partial charge on any atom is -0.464 e. The van der Waals surface area contributed by atoms with Crippen LogP contribution in [0.25, 0.3) is 22.2 Å². The summed E-state index contributed by atoms with van der Waals surface area (Å²) < 4.78 is 40.9. The van der Waals surface area contributed by atoms with Crippen molar-refractivity contribution in [2.75, 3.05) is 28.6 Å². The molecule has 1 unspecified atom stereocenters. The Labute approximate surface area is 302 Å². The van der Waals surface area contributed by atoms with Crippen LogP contribution >= 0.6 is 23.5 Å². The van der Waals surface area contributed by atoms with Crippen LogP contribution in [-0.2, 0) is 15.5 Å². The van der Waals surface area contributed by atoms with Crippen molar-refractivity contribution in [1.29, 1.82) is 0 Å². The fraction of sp³-hybridized carbons (Fsp3) is 0.250. The zero-order valence-electron chi connectivity index (χ0n) is 28.2. The summed E-state index contributed by atoms with van der Waals surface area (Å²) in [6.07, 6.45) is 11.8. The summed E-state index contributed by atoms with van der Waals surface area (Å²) in [6, 6.07) is 27.8. The highest BCUT2D eigenvalue weighted by Gasteiger charge is 2.37. The van der Waals surface area contributed by atoms with Crippen LogP contribution in [0.1, 0.15) is 44.9 Å². The molecule has 3 aromatic carbocycles. The molecule has 1 N–H and O–H groups in total. The third-order valence-corrected chi connectivity index (χ3v) is 13.1. The Hall–Kier alpha value is -4.09. The van der Waals surface area contributed by atoms with Crippen LogP contribution in [0.15, 0.2) is 134 Å². The van der Waals surface area contributed by atoms with E-state index in [9.17, 15) is 13.0 Å². The minimum absolute atomic E-state index is 0.0162. The molecule has 8 rings (SSSR count). The maximum atomic E-state index is 11.5. The number of furan rings is 1. The lowest BCUT2D eigenvalue weighted by atomic mass is 9.72. The van der Waals surface area contributed by atoms with E-state index < -0.39 is 10.1 Å². The quantitative estimate of drug-likeness (QED) is 0.119. The number of unbranched alkanes of at least 4 members (excludes halogenated alkanes) is 1. The molecule has 5 aromatic rings. The molecule has 50 heavy (non-hydrogen) atoms. The van der Waals surface area contributed by atoms with E-state index in [1.165, 1.54) is 31.5 Å². The number of anilines is 2. The number of aromatic nitrogens is 1. The second-order valence-corrected chi connectivity index (χ2v) is 17.2. The van der Waals surface area contributed by atoms with Crippen molar-refractivity contribution in [1.82, 2.24) is 4.57 Å². The number of benzene rings is 3. The largest absolute Gasteiger partial charge is 0.464 e. The van der Waals surface area contributed by atoms with Gasteiger partial charge in [-0.25, -0.2) is 0 Å². The Balaban J connectivity index is 1.18. The molecule has 0 saturated carbocycles. The third-order valence-electron chi connectivity index (χ3n) is 9.92. The van der Waals surface area contributed by atoms with Crippen molar-refractivity contribution in [2.24, 2.45) is 0 Å². The van der Waals surface area contributed by atoms with E-state index in [0.717, 1.165) is 40.3 Å².